The fourth-order valence-electron chi connectivity index (χ4n) is 4.26. The van der Waals surface area contributed by atoms with Gasteiger partial charge in [-0.1, -0.05) is 24.3 Å². The number of hydrogen-bond acceptors (Lipinski definition) is 6. The van der Waals surface area contributed by atoms with Crippen molar-refractivity contribution >= 4 is 16.2 Å². The van der Waals surface area contributed by atoms with Crippen LogP contribution in [0.25, 0.3) is 0 Å². The first-order chi connectivity index (χ1) is 15.9. The third kappa shape index (κ3) is 6.55. The third-order valence-electron chi connectivity index (χ3n) is 5.53. The Hall–Kier alpha value is -2.96. The minimum absolute atomic E-state index is 0.381. The number of amides is 1. The molecule has 1 saturated heterocycles. The van der Waals surface area contributed by atoms with Crippen LogP contribution < -0.4 is 0 Å². The zero-order chi connectivity index (χ0) is 25.1. The summed E-state index contributed by atoms with van der Waals surface area (Å²) in [4.78, 5) is 14.5. The van der Waals surface area contributed by atoms with Crippen LogP contribution in [0, 0.1) is 17.1 Å². The maximum absolute atomic E-state index is 14.2. The standard InChI is InChI=1S/C25H29FN2O5S/c1-25(2,3)32-24(29)28-14-6-9-21(28)23(33-34(4,30)31)22(19-7-5-8-20(26)15-19)18-12-10-17(16-27)11-13-18/h5,7-8,10-13,15,21-23H,6,9,14H2,1-4H3/t21?,22-,23+/m1/s1. The SMILES string of the molecule is CC(C)(C)OC(=O)N1CCCC1[C@H](OS(C)(=O)=O)[C@H](c1ccc(C#N)cc1)c1cccc(F)c1. The molecule has 7 nitrogen and oxygen atoms in total. The lowest BCUT2D eigenvalue weighted by Gasteiger charge is -2.36. The lowest BCUT2D eigenvalue weighted by molar-refractivity contribution is 0.00791. The van der Waals surface area contributed by atoms with Crippen molar-refractivity contribution in [3.8, 4) is 6.07 Å². The molecule has 0 spiro atoms. The van der Waals surface area contributed by atoms with Gasteiger partial charge >= 0.3 is 6.09 Å². The van der Waals surface area contributed by atoms with Gasteiger partial charge in [-0.25, -0.2) is 9.18 Å². The molecular weight excluding hydrogens is 459 g/mol. The first kappa shape index (κ1) is 25.7. The van der Waals surface area contributed by atoms with Crippen molar-refractivity contribution in [1.29, 1.82) is 5.26 Å². The molecule has 1 fully saturated rings. The molecule has 0 aromatic heterocycles. The van der Waals surface area contributed by atoms with Crippen LogP contribution in [0.1, 0.15) is 56.2 Å². The van der Waals surface area contributed by atoms with Crippen molar-refractivity contribution in [2.24, 2.45) is 0 Å². The van der Waals surface area contributed by atoms with Crippen molar-refractivity contribution in [2.45, 2.75) is 57.3 Å². The maximum atomic E-state index is 14.2. The van der Waals surface area contributed by atoms with Crippen molar-refractivity contribution in [1.82, 2.24) is 4.90 Å². The van der Waals surface area contributed by atoms with Gasteiger partial charge in [0.05, 0.1) is 23.9 Å². The van der Waals surface area contributed by atoms with Crippen LogP contribution in [-0.4, -0.2) is 50.0 Å². The van der Waals surface area contributed by atoms with Crippen LogP contribution in [0.15, 0.2) is 48.5 Å². The quantitative estimate of drug-likeness (QED) is 0.553. The molecule has 1 aliphatic heterocycles. The Morgan fingerprint density at radius 1 is 1.18 bits per heavy atom. The number of nitriles is 1. The maximum Gasteiger partial charge on any atom is 0.410 e. The molecule has 9 heteroatoms. The van der Waals surface area contributed by atoms with Gasteiger partial charge in [0.25, 0.3) is 10.1 Å². The van der Waals surface area contributed by atoms with Crippen LogP contribution in [0.4, 0.5) is 9.18 Å². The molecule has 1 heterocycles. The summed E-state index contributed by atoms with van der Waals surface area (Å²) in [5, 5.41) is 9.18. The molecule has 3 rings (SSSR count). The van der Waals surface area contributed by atoms with Gasteiger partial charge in [0.15, 0.2) is 0 Å². The molecule has 0 saturated carbocycles. The largest absolute Gasteiger partial charge is 0.444 e. The number of hydrogen-bond donors (Lipinski definition) is 0. The number of likely N-dealkylation sites (tertiary alicyclic amines) is 1. The molecule has 0 bridgehead atoms. The molecule has 1 unspecified atom stereocenters. The van der Waals surface area contributed by atoms with E-state index in [2.05, 4.69) is 6.07 Å². The van der Waals surface area contributed by atoms with Gasteiger partial charge < -0.3 is 9.64 Å². The van der Waals surface area contributed by atoms with Gasteiger partial charge in [0.2, 0.25) is 0 Å². The lowest BCUT2D eigenvalue weighted by atomic mass is 9.82. The topological polar surface area (TPSA) is 96.7 Å². The van der Waals surface area contributed by atoms with Crippen LogP contribution in [-0.2, 0) is 19.0 Å². The van der Waals surface area contributed by atoms with E-state index in [1.165, 1.54) is 17.0 Å². The third-order valence-corrected chi connectivity index (χ3v) is 6.10. The number of ether oxygens (including phenoxy) is 1. The molecule has 1 amide bonds. The first-order valence-corrected chi connectivity index (χ1v) is 12.8. The fourth-order valence-corrected chi connectivity index (χ4v) is 4.90. The van der Waals surface area contributed by atoms with E-state index in [1.54, 1.807) is 57.2 Å². The summed E-state index contributed by atoms with van der Waals surface area (Å²) < 4.78 is 50.2. The summed E-state index contributed by atoms with van der Waals surface area (Å²) in [6.45, 7) is 5.65. The summed E-state index contributed by atoms with van der Waals surface area (Å²) >= 11 is 0. The number of rotatable bonds is 6. The minimum atomic E-state index is -3.95. The second kappa shape index (κ2) is 10.1. The monoisotopic (exact) mass is 488 g/mol. The fraction of sp³-hybridized carbons (Fsp3) is 0.440. The zero-order valence-electron chi connectivity index (χ0n) is 19.7. The van der Waals surface area contributed by atoms with E-state index in [-0.39, 0.29) is 0 Å². The van der Waals surface area contributed by atoms with E-state index in [0.29, 0.717) is 36.1 Å². The van der Waals surface area contributed by atoms with E-state index < -0.39 is 45.7 Å². The predicted molar refractivity (Wildman–Crippen MR) is 125 cm³/mol. The van der Waals surface area contributed by atoms with Gasteiger partial charge in [-0.3, -0.25) is 4.18 Å². The highest BCUT2D eigenvalue weighted by atomic mass is 32.2. The van der Waals surface area contributed by atoms with Gasteiger partial charge in [0.1, 0.15) is 17.5 Å². The molecule has 1 aliphatic rings. The summed E-state index contributed by atoms with van der Waals surface area (Å²) in [6.07, 6.45) is 0.474. The number of nitrogens with zero attached hydrogens (tertiary/aromatic N) is 2. The van der Waals surface area contributed by atoms with E-state index in [0.717, 1.165) is 6.26 Å². The summed E-state index contributed by atoms with van der Waals surface area (Å²) in [5.41, 5.74) is 0.828. The summed E-state index contributed by atoms with van der Waals surface area (Å²) in [6, 6.07) is 13.9. The summed E-state index contributed by atoms with van der Waals surface area (Å²) in [7, 11) is -3.95. The smallest absolute Gasteiger partial charge is 0.410 e. The first-order valence-electron chi connectivity index (χ1n) is 11.0. The second-order valence-electron chi connectivity index (χ2n) is 9.41. The molecule has 2 aromatic rings. The predicted octanol–water partition coefficient (Wildman–Crippen LogP) is 4.57. The highest BCUT2D eigenvalue weighted by molar-refractivity contribution is 7.86. The van der Waals surface area contributed by atoms with Crippen LogP contribution in [0.2, 0.25) is 0 Å². The van der Waals surface area contributed by atoms with E-state index >= 15 is 0 Å². The van der Waals surface area contributed by atoms with E-state index in [9.17, 15) is 22.9 Å². The molecule has 2 aromatic carbocycles. The van der Waals surface area contributed by atoms with Crippen molar-refractivity contribution in [3.05, 3.63) is 71.0 Å². The zero-order valence-corrected chi connectivity index (χ0v) is 20.5. The van der Waals surface area contributed by atoms with Crippen molar-refractivity contribution in [2.75, 3.05) is 12.8 Å². The van der Waals surface area contributed by atoms with Gasteiger partial charge in [-0.15, -0.1) is 0 Å². The molecule has 0 radical (unpaired) electrons. The van der Waals surface area contributed by atoms with E-state index in [4.69, 9.17) is 8.92 Å². The van der Waals surface area contributed by atoms with Gasteiger partial charge in [0, 0.05) is 12.5 Å². The lowest BCUT2D eigenvalue weighted by Crippen LogP contribution is -2.48. The van der Waals surface area contributed by atoms with Crippen molar-refractivity contribution < 1.29 is 26.5 Å². The highest BCUT2D eigenvalue weighted by Gasteiger charge is 2.43. The Morgan fingerprint density at radius 3 is 2.41 bits per heavy atom. The Labute approximate surface area is 200 Å². The normalized spacial score (nSPS) is 18.2. The second-order valence-corrected chi connectivity index (χ2v) is 11.0. The summed E-state index contributed by atoms with van der Waals surface area (Å²) in [5.74, 6) is -1.21. The Bertz CT molecular complexity index is 1170. The number of halogens is 1. The Balaban J connectivity index is 2.13. The van der Waals surface area contributed by atoms with Crippen LogP contribution >= 0.6 is 0 Å². The number of benzene rings is 2. The number of carbonyl (C=O) groups excluding carboxylic acids is 1. The van der Waals surface area contributed by atoms with Crippen LogP contribution in [0.5, 0.6) is 0 Å². The molecule has 3 atom stereocenters. The molecule has 34 heavy (non-hydrogen) atoms. The van der Waals surface area contributed by atoms with E-state index in [1.807, 2.05) is 0 Å². The van der Waals surface area contributed by atoms with Crippen LogP contribution in [0.3, 0.4) is 0 Å². The molecular formula is C25H29FN2O5S. The average molecular weight is 489 g/mol. The minimum Gasteiger partial charge on any atom is -0.444 e. The average Bonchev–Trinajstić information content (AvgIpc) is 3.22. The van der Waals surface area contributed by atoms with Crippen molar-refractivity contribution in [3.63, 3.8) is 0 Å². The van der Waals surface area contributed by atoms with Gasteiger partial charge in [-0.2, -0.15) is 13.7 Å². The highest BCUT2D eigenvalue weighted by Crippen LogP contribution is 2.38. The van der Waals surface area contributed by atoms with Gasteiger partial charge in [-0.05, 0) is 69.0 Å². The molecule has 0 N–H and O–H groups in total. The Kier molecular flexibility index (Phi) is 7.64. The molecule has 0 aliphatic carbocycles. The molecule has 182 valence electrons. The number of carbonyl (C=O) groups is 1. The Morgan fingerprint density at radius 2 is 1.85 bits per heavy atom.